The van der Waals surface area contributed by atoms with Crippen molar-refractivity contribution in [1.82, 2.24) is 5.32 Å². The lowest BCUT2D eigenvalue weighted by molar-refractivity contribution is 0.295. The number of para-hydroxylation sites is 1. The summed E-state index contributed by atoms with van der Waals surface area (Å²) in [4.78, 5) is 1.21. The van der Waals surface area contributed by atoms with Gasteiger partial charge in [0, 0.05) is 10.4 Å². The molecule has 0 heterocycles. The molecule has 1 N–H and O–H groups in total. The summed E-state index contributed by atoms with van der Waals surface area (Å²) < 4.78 is 5.81. The van der Waals surface area contributed by atoms with E-state index in [1.807, 2.05) is 18.2 Å². The van der Waals surface area contributed by atoms with Crippen LogP contribution in [0.1, 0.15) is 33.6 Å². The molecule has 0 aliphatic carbocycles. The zero-order chi connectivity index (χ0) is 13.4. The van der Waals surface area contributed by atoms with Gasteiger partial charge in [0.15, 0.2) is 0 Å². The zero-order valence-corrected chi connectivity index (χ0v) is 12.8. The Kier molecular flexibility index (Phi) is 6.58. The van der Waals surface area contributed by atoms with E-state index in [0.29, 0.717) is 0 Å². The molecule has 1 rings (SSSR count). The molecule has 2 nitrogen and oxygen atoms in total. The second kappa shape index (κ2) is 7.70. The van der Waals surface area contributed by atoms with Crippen LogP contribution in [-0.4, -0.2) is 24.9 Å². The van der Waals surface area contributed by atoms with Crippen LogP contribution in [0, 0.1) is 0 Å². The molecule has 0 aromatic heterocycles. The fourth-order valence-electron chi connectivity index (χ4n) is 1.61. The van der Waals surface area contributed by atoms with Crippen LogP contribution in [-0.2, 0) is 0 Å². The van der Waals surface area contributed by atoms with E-state index in [9.17, 15) is 0 Å². The van der Waals surface area contributed by atoms with Crippen LogP contribution < -0.4 is 10.1 Å². The van der Waals surface area contributed by atoms with E-state index in [-0.39, 0.29) is 5.54 Å². The third-order valence-electron chi connectivity index (χ3n) is 2.55. The van der Waals surface area contributed by atoms with Crippen molar-refractivity contribution in [3.05, 3.63) is 24.3 Å². The molecule has 0 spiro atoms. The first-order valence-electron chi connectivity index (χ1n) is 6.54. The van der Waals surface area contributed by atoms with Gasteiger partial charge in [-0.15, -0.1) is 11.8 Å². The van der Waals surface area contributed by atoms with Gasteiger partial charge in [-0.2, -0.15) is 0 Å². The minimum absolute atomic E-state index is 0.215. The molecule has 0 aliphatic rings. The number of thioether (sulfide) groups is 1. The van der Waals surface area contributed by atoms with Gasteiger partial charge in [-0.3, -0.25) is 0 Å². The van der Waals surface area contributed by atoms with Crippen LogP contribution in [0.3, 0.4) is 0 Å². The van der Waals surface area contributed by atoms with Crippen molar-refractivity contribution in [3.8, 4) is 5.75 Å². The molecule has 0 atom stereocenters. The lowest BCUT2D eigenvalue weighted by Gasteiger charge is -2.20. The SMILES string of the molecule is CSc1ccccc1OCCCCNC(C)(C)C. The van der Waals surface area contributed by atoms with E-state index in [4.69, 9.17) is 4.74 Å². The minimum Gasteiger partial charge on any atom is -0.492 e. The Morgan fingerprint density at radius 1 is 1.17 bits per heavy atom. The van der Waals surface area contributed by atoms with Crippen molar-refractivity contribution < 1.29 is 4.74 Å². The van der Waals surface area contributed by atoms with Crippen LogP contribution in [0.4, 0.5) is 0 Å². The number of nitrogens with one attached hydrogen (secondary N) is 1. The van der Waals surface area contributed by atoms with Gasteiger partial charge < -0.3 is 10.1 Å². The van der Waals surface area contributed by atoms with Gasteiger partial charge in [0.1, 0.15) is 5.75 Å². The molecule has 1 aromatic rings. The van der Waals surface area contributed by atoms with Gasteiger partial charge in [0.25, 0.3) is 0 Å². The molecule has 0 amide bonds. The highest BCUT2D eigenvalue weighted by molar-refractivity contribution is 7.98. The number of hydrogen-bond acceptors (Lipinski definition) is 3. The highest BCUT2D eigenvalue weighted by atomic mass is 32.2. The van der Waals surface area contributed by atoms with Crippen LogP contribution in [0.5, 0.6) is 5.75 Å². The van der Waals surface area contributed by atoms with Gasteiger partial charge in [-0.25, -0.2) is 0 Å². The first kappa shape index (κ1) is 15.4. The van der Waals surface area contributed by atoms with Gasteiger partial charge in [0.05, 0.1) is 6.61 Å². The summed E-state index contributed by atoms with van der Waals surface area (Å²) in [5.74, 6) is 1.01. The second-order valence-corrected chi connectivity index (χ2v) is 6.23. The average molecular weight is 267 g/mol. The Labute approximate surface area is 116 Å². The van der Waals surface area contributed by atoms with Crippen molar-refractivity contribution in [1.29, 1.82) is 0 Å². The molecular weight excluding hydrogens is 242 g/mol. The maximum absolute atomic E-state index is 5.81. The van der Waals surface area contributed by atoms with Crippen molar-refractivity contribution in [2.24, 2.45) is 0 Å². The average Bonchev–Trinajstić information content (AvgIpc) is 2.32. The van der Waals surface area contributed by atoms with Crippen molar-refractivity contribution in [2.45, 2.75) is 44.0 Å². The summed E-state index contributed by atoms with van der Waals surface area (Å²) in [6.07, 6.45) is 4.32. The van der Waals surface area contributed by atoms with E-state index >= 15 is 0 Å². The minimum atomic E-state index is 0.215. The van der Waals surface area contributed by atoms with E-state index in [0.717, 1.165) is 31.7 Å². The van der Waals surface area contributed by atoms with Crippen LogP contribution in [0.15, 0.2) is 29.2 Å². The molecule has 1 aromatic carbocycles. The standard InChI is InChI=1S/C15H25NOS/c1-15(2,3)16-11-7-8-12-17-13-9-5-6-10-14(13)18-4/h5-6,9-10,16H,7-8,11-12H2,1-4H3. The quantitative estimate of drug-likeness (QED) is 0.597. The molecule has 18 heavy (non-hydrogen) atoms. The lowest BCUT2D eigenvalue weighted by atomic mass is 10.1. The number of rotatable bonds is 7. The lowest BCUT2D eigenvalue weighted by Crippen LogP contribution is -2.36. The number of ether oxygens (including phenoxy) is 1. The number of benzene rings is 1. The van der Waals surface area contributed by atoms with Crippen LogP contribution in [0.25, 0.3) is 0 Å². The molecule has 0 saturated carbocycles. The van der Waals surface area contributed by atoms with Crippen molar-refractivity contribution >= 4 is 11.8 Å². The third kappa shape index (κ3) is 6.31. The van der Waals surface area contributed by atoms with E-state index in [1.165, 1.54) is 4.90 Å². The fraction of sp³-hybridized carbons (Fsp3) is 0.600. The monoisotopic (exact) mass is 267 g/mol. The molecule has 0 unspecified atom stereocenters. The maximum Gasteiger partial charge on any atom is 0.132 e. The molecular formula is C15H25NOS. The Hall–Kier alpha value is -0.670. The summed E-state index contributed by atoms with van der Waals surface area (Å²) in [7, 11) is 0. The fourth-order valence-corrected chi connectivity index (χ4v) is 2.15. The molecule has 0 radical (unpaired) electrons. The molecule has 3 heteroatoms. The van der Waals surface area contributed by atoms with Gasteiger partial charge >= 0.3 is 0 Å². The summed E-state index contributed by atoms with van der Waals surface area (Å²) in [6, 6.07) is 8.21. The van der Waals surface area contributed by atoms with Crippen molar-refractivity contribution in [3.63, 3.8) is 0 Å². The van der Waals surface area contributed by atoms with E-state index in [1.54, 1.807) is 11.8 Å². The van der Waals surface area contributed by atoms with Gasteiger partial charge in [-0.1, -0.05) is 12.1 Å². The molecule has 0 fully saturated rings. The van der Waals surface area contributed by atoms with Gasteiger partial charge in [0.2, 0.25) is 0 Å². The predicted molar refractivity (Wildman–Crippen MR) is 80.7 cm³/mol. The Morgan fingerprint density at radius 2 is 1.89 bits per heavy atom. The largest absolute Gasteiger partial charge is 0.492 e. The number of hydrogen-bond donors (Lipinski definition) is 1. The van der Waals surface area contributed by atoms with Crippen LogP contribution >= 0.6 is 11.8 Å². The first-order valence-corrected chi connectivity index (χ1v) is 7.76. The molecule has 0 saturated heterocycles. The molecule has 0 aliphatic heterocycles. The number of unbranched alkanes of at least 4 members (excludes halogenated alkanes) is 1. The Morgan fingerprint density at radius 3 is 2.56 bits per heavy atom. The molecule has 0 bridgehead atoms. The summed E-state index contributed by atoms with van der Waals surface area (Å²) in [5, 5.41) is 3.48. The Balaban J connectivity index is 2.18. The smallest absolute Gasteiger partial charge is 0.132 e. The first-order chi connectivity index (χ1) is 8.53. The summed E-state index contributed by atoms with van der Waals surface area (Å²) >= 11 is 1.73. The normalized spacial score (nSPS) is 11.6. The zero-order valence-electron chi connectivity index (χ0n) is 12.0. The summed E-state index contributed by atoms with van der Waals surface area (Å²) in [6.45, 7) is 8.43. The topological polar surface area (TPSA) is 21.3 Å². The predicted octanol–water partition coefficient (Wildman–Crippen LogP) is 3.96. The second-order valence-electron chi connectivity index (χ2n) is 5.38. The van der Waals surface area contributed by atoms with Crippen molar-refractivity contribution in [2.75, 3.05) is 19.4 Å². The summed E-state index contributed by atoms with van der Waals surface area (Å²) in [5.41, 5.74) is 0.215. The maximum atomic E-state index is 5.81. The van der Waals surface area contributed by atoms with Crippen LogP contribution in [0.2, 0.25) is 0 Å². The van der Waals surface area contributed by atoms with Gasteiger partial charge in [-0.05, 0) is 58.5 Å². The van der Waals surface area contributed by atoms with E-state index in [2.05, 4.69) is 38.4 Å². The molecule has 102 valence electrons. The Bertz CT molecular complexity index is 347. The highest BCUT2D eigenvalue weighted by Gasteiger charge is 2.07. The third-order valence-corrected chi connectivity index (χ3v) is 3.33. The highest BCUT2D eigenvalue weighted by Crippen LogP contribution is 2.26. The van der Waals surface area contributed by atoms with E-state index < -0.39 is 0 Å².